The lowest BCUT2D eigenvalue weighted by atomic mass is 10.1. The molecule has 1 fully saturated rings. The number of nitrogens with zero attached hydrogens (tertiary/aromatic N) is 2. The molecule has 0 saturated carbocycles. The Kier molecular flexibility index (Phi) is 4.39. The summed E-state index contributed by atoms with van der Waals surface area (Å²) in [7, 11) is 0. The topological polar surface area (TPSA) is 53.8 Å². The summed E-state index contributed by atoms with van der Waals surface area (Å²) in [6.45, 7) is 3.70. The summed E-state index contributed by atoms with van der Waals surface area (Å²) in [5.74, 6) is -0.622. The molecular formula is C21H19FN2O3. The molecule has 2 aromatic carbocycles. The third-order valence-corrected chi connectivity index (χ3v) is 4.95. The van der Waals surface area contributed by atoms with Gasteiger partial charge in [-0.05, 0) is 30.7 Å². The van der Waals surface area contributed by atoms with Crippen molar-refractivity contribution < 1.29 is 13.6 Å². The number of amides is 1. The van der Waals surface area contributed by atoms with Crippen LogP contribution in [0.15, 0.2) is 57.7 Å². The second-order valence-electron chi connectivity index (χ2n) is 6.67. The minimum Gasteiger partial charge on any atom is -0.422 e. The van der Waals surface area contributed by atoms with Crippen molar-refractivity contribution in [3.8, 4) is 0 Å². The van der Waals surface area contributed by atoms with Crippen LogP contribution in [0.5, 0.6) is 0 Å². The maximum absolute atomic E-state index is 14.0. The number of carbonyl (C=O) groups is 1. The Bertz CT molecular complexity index is 1070. The van der Waals surface area contributed by atoms with Gasteiger partial charge in [-0.1, -0.05) is 30.3 Å². The SMILES string of the molecule is Cc1cccc2cc(C(=O)N3CCN(c4ccccc4F)CC3)c(=O)oc12. The first-order chi connectivity index (χ1) is 13.0. The molecule has 1 saturated heterocycles. The Morgan fingerprint density at radius 1 is 1.04 bits per heavy atom. The first-order valence-corrected chi connectivity index (χ1v) is 8.87. The zero-order chi connectivity index (χ0) is 19.0. The number of hydrogen-bond acceptors (Lipinski definition) is 4. The van der Waals surface area contributed by atoms with Gasteiger partial charge >= 0.3 is 5.63 Å². The van der Waals surface area contributed by atoms with Crippen LogP contribution in [0.25, 0.3) is 11.0 Å². The van der Waals surface area contributed by atoms with Crippen molar-refractivity contribution in [2.75, 3.05) is 31.1 Å². The normalized spacial score (nSPS) is 14.6. The van der Waals surface area contributed by atoms with E-state index < -0.39 is 5.63 Å². The molecule has 3 aromatic rings. The fourth-order valence-electron chi connectivity index (χ4n) is 3.47. The Balaban J connectivity index is 1.55. The second-order valence-corrected chi connectivity index (χ2v) is 6.67. The van der Waals surface area contributed by atoms with Crippen LogP contribution in [0.1, 0.15) is 15.9 Å². The number of benzene rings is 2. The minimum atomic E-state index is -0.627. The van der Waals surface area contributed by atoms with Gasteiger partial charge in [0, 0.05) is 31.6 Å². The van der Waals surface area contributed by atoms with Gasteiger partial charge in [0.15, 0.2) is 0 Å². The van der Waals surface area contributed by atoms with Crippen LogP contribution in [0.3, 0.4) is 0 Å². The Morgan fingerprint density at radius 2 is 1.78 bits per heavy atom. The molecule has 0 radical (unpaired) electrons. The highest BCUT2D eigenvalue weighted by atomic mass is 19.1. The number of fused-ring (bicyclic) bond motifs is 1. The van der Waals surface area contributed by atoms with Gasteiger partial charge in [0.2, 0.25) is 0 Å². The van der Waals surface area contributed by atoms with Crippen molar-refractivity contribution in [1.82, 2.24) is 4.90 Å². The number of hydrogen-bond donors (Lipinski definition) is 0. The van der Waals surface area contributed by atoms with E-state index in [1.165, 1.54) is 6.07 Å². The van der Waals surface area contributed by atoms with Crippen LogP contribution in [0, 0.1) is 12.7 Å². The average molecular weight is 366 g/mol. The number of rotatable bonds is 2. The summed E-state index contributed by atoms with van der Waals surface area (Å²) in [6, 6.07) is 13.7. The molecule has 4 rings (SSSR count). The van der Waals surface area contributed by atoms with Gasteiger partial charge in [-0.2, -0.15) is 0 Å². The molecule has 138 valence electrons. The Labute approximate surface area is 155 Å². The Hall–Kier alpha value is -3.15. The number of piperazine rings is 1. The third kappa shape index (κ3) is 3.18. The Morgan fingerprint density at radius 3 is 2.52 bits per heavy atom. The van der Waals surface area contributed by atoms with Gasteiger partial charge in [-0.3, -0.25) is 4.79 Å². The number of carbonyl (C=O) groups excluding carboxylic acids is 1. The molecule has 0 spiro atoms. The van der Waals surface area contributed by atoms with E-state index >= 15 is 0 Å². The minimum absolute atomic E-state index is 0.0347. The fourth-order valence-corrected chi connectivity index (χ4v) is 3.47. The van der Waals surface area contributed by atoms with Crippen LogP contribution in [0.4, 0.5) is 10.1 Å². The van der Waals surface area contributed by atoms with Crippen molar-refractivity contribution in [1.29, 1.82) is 0 Å². The van der Waals surface area contributed by atoms with Gasteiger partial charge in [-0.25, -0.2) is 9.18 Å². The van der Waals surface area contributed by atoms with E-state index in [2.05, 4.69) is 0 Å². The molecule has 1 amide bonds. The van der Waals surface area contributed by atoms with E-state index in [0.717, 1.165) is 10.9 Å². The molecule has 0 N–H and O–H groups in total. The lowest BCUT2D eigenvalue weighted by Crippen LogP contribution is -2.49. The van der Waals surface area contributed by atoms with E-state index in [4.69, 9.17) is 4.42 Å². The zero-order valence-electron chi connectivity index (χ0n) is 14.9. The maximum atomic E-state index is 14.0. The molecular weight excluding hydrogens is 347 g/mol. The van der Waals surface area contributed by atoms with Crippen LogP contribution in [-0.4, -0.2) is 37.0 Å². The fraction of sp³-hybridized carbons (Fsp3) is 0.238. The number of halogens is 1. The van der Waals surface area contributed by atoms with Crippen LogP contribution < -0.4 is 10.5 Å². The number of aryl methyl sites for hydroxylation is 1. The highest BCUT2D eigenvalue weighted by molar-refractivity contribution is 5.97. The predicted molar refractivity (Wildman–Crippen MR) is 102 cm³/mol. The van der Waals surface area contributed by atoms with E-state index in [1.54, 1.807) is 29.2 Å². The lowest BCUT2D eigenvalue weighted by Gasteiger charge is -2.36. The monoisotopic (exact) mass is 366 g/mol. The first kappa shape index (κ1) is 17.3. The van der Waals surface area contributed by atoms with Crippen molar-refractivity contribution in [3.63, 3.8) is 0 Å². The van der Waals surface area contributed by atoms with Gasteiger partial charge in [0.1, 0.15) is 17.0 Å². The van der Waals surface area contributed by atoms with E-state index in [1.807, 2.05) is 30.0 Å². The van der Waals surface area contributed by atoms with E-state index in [9.17, 15) is 14.0 Å². The molecule has 2 heterocycles. The molecule has 5 nitrogen and oxygen atoms in total. The second kappa shape index (κ2) is 6.87. The van der Waals surface area contributed by atoms with Crippen LogP contribution >= 0.6 is 0 Å². The summed E-state index contributed by atoms with van der Waals surface area (Å²) in [5, 5.41) is 0.725. The average Bonchev–Trinajstić information content (AvgIpc) is 2.68. The van der Waals surface area contributed by atoms with Crippen molar-refractivity contribution in [2.45, 2.75) is 6.92 Å². The smallest absolute Gasteiger partial charge is 0.349 e. The van der Waals surface area contributed by atoms with Crippen LogP contribution in [-0.2, 0) is 0 Å². The summed E-state index contributed by atoms with van der Waals surface area (Å²) < 4.78 is 19.3. The summed E-state index contributed by atoms with van der Waals surface area (Å²) in [6.07, 6.45) is 0. The summed E-state index contributed by atoms with van der Waals surface area (Å²) in [5.41, 5.74) is 1.29. The maximum Gasteiger partial charge on any atom is 0.349 e. The largest absolute Gasteiger partial charge is 0.422 e. The van der Waals surface area contributed by atoms with Crippen molar-refractivity contribution >= 4 is 22.6 Å². The van der Waals surface area contributed by atoms with Crippen molar-refractivity contribution in [3.05, 3.63) is 75.9 Å². The molecule has 0 unspecified atom stereocenters. The van der Waals surface area contributed by atoms with Gasteiger partial charge in [0.05, 0.1) is 5.69 Å². The molecule has 1 aliphatic heterocycles. The summed E-state index contributed by atoms with van der Waals surface area (Å²) >= 11 is 0. The summed E-state index contributed by atoms with van der Waals surface area (Å²) in [4.78, 5) is 28.7. The number of para-hydroxylation sites is 2. The quantitative estimate of drug-likeness (QED) is 0.654. The number of anilines is 1. The first-order valence-electron chi connectivity index (χ1n) is 8.87. The zero-order valence-corrected chi connectivity index (χ0v) is 14.9. The lowest BCUT2D eigenvalue weighted by molar-refractivity contribution is 0.0742. The van der Waals surface area contributed by atoms with E-state index in [0.29, 0.717) is 37.4 Å². The molecule has 27 heavy (non-hydrogen) atoms. The molecule has 0 aliphatic carbocycles. The van der Waals surface area contributed by atoms with E-state index in [-0.39, 0.29) is 17.3 Å². The van der Waals surface area contributed by atoms with Gasteiger partial charge < -0.3 is 14.2 Å². The molecule has 0 atom stereocenters. The van der Waals surface area contributed by atoms with Crippen LogP contribution in [0.2, 0.25) is 0 Å². The highest BCUT2D eigenvalue weighted by Crippen LogP contribution is 2.21. The molecule has 1 aromatic heterocycles. The van der Waals surface area contributed by atoms with Gasteiger partial charge in [-0.15, -0.1) is 0 Å². The molecule has 6 heteroatoms. The molecule has 1 aliphatic rings. The van der Waals surface area contributed by atoms with Crippen molar-refractivity contribution in [2.24, 2.45) is 0 Å². The predicted octanol–water partition coefficient (Wildman–Crippen LogP) is 3.20. The highest BCUT2D eigenvalue weighted by Gasteiger charge is 2.26. The van der Waals surface area contributed by atoms with Gasteiger partial charge in [0.25, 0.3) is 5.91 Å². The third-order valence-electron chi connectivity index (χ3n) is 4.95. The standard InChI is InChI=1S/C21H19FN2O3/c1-14-5-4-6-15-13-16(21(26)27-19(14)15)20(25)24-11-9-23(10-12-24)18-8-3-2-7-17(18)22/h2-8,13H,9-12H2,1H3. The molecule has 0 bridgehead atoms.